The molecule has 17 heavy (non-hydrogen) atoms. The summed E-state index contributed by atoms with van der Waals surface area (Å²) in [6, 6.07) is 5.66. The Bertz CT molecular complexity index is 444. The van der Waals surface area contributed by atoms with Crippen molar-refractivity contribution >= 4 is 11.6 Å². The summed E-state index contributed by atoms with van der Waals surface area (Å²) < 4.78 is 5.97. The van der Waals surface area contributed by atoms with Gasteiger partial charge in [-0.15, -0.1) is 0 Å². The normalized spacial score (nSPS) is 16.5. The van der Waals surface area contributed by atoms with Crippen LogP contribution in [0.1, 0.15) is 43.2 Å². The van der Waals surface area contributed by atoms with Gasteiger partial charge in [-0.1, -0.05) is 18.0 Å². The minimum Gasteiger partial charge on any atom is -0.490 e. The van der Waals surface area contributed by atoms with Crippen LogP contribution in [-0.2, 0) is 0 Å². The lowest BCUT2D eigenvalue weighted by atomic mass is 9.97. The molecule has 1 aromatic carbocycles. The van der Waals surface area contributed by atoms with Crippen molar-refractivity contribution in [3.05, 3.63) is 28.3 Å². The van der Waals surface area contributed by atoms with E-state index in [1.54, 1.807) is 6.07 Å². The summed E-state index contributed by atoms with van der Waals surface area (Å²) in [6.45, 7) is 1.90. The van der Waals surface area contributed by atoms with Crippen LogP contribution in [-0.4, -0.2) is 6.10 Å². The van der Waals surface area contributed by atoms with Crippen LogP contribution in [0.5, 0.6) is 5.75 Å². The molecule has 1 aliphatic carbocycles. The van der Waals surface area contributed by atoms with Crippen LogP contribution in [0, 0.1) is 18.3 Å². The van der Waals surface area contributed by atoms with Crippen molar-refractivity contribution in [2.45, 2.75) is 45.1 Å². The van der Waals surface area contributed by atoms with E-state index in [2.05, 4.69) is 6.07 Å². The molecule has 0 radical (unpaired) electrons. The second-order valence-corrected chi connectivity index (χ2v) is 4.92. The summed E-state index contributed by atoms with van der Waals surface area (Å²) in [4.78, 5) is 0. The molecular weight excluding hydrogens is 234 g/mol. The lowest BCUT2D eigenvalue weighted by molar-refractivity contribution is 0.154. The SMILES string of the molecule is Cc1c(OC2CCCCC2)ccc(C#N)c1Cl. The van der Waals surface area contributed by atoms with Gasteiger partial charge in [0, 0.05) is 5.56 Å². The molecule has 2 nitrogen and oxygen atoms in total. The highest BCUT2D eigenvalue weighted by atomic mass is 35.5. The smallest absolute Gasteiger partial charge is 0.124 e. The highest BCUT2D eigenvalue weighted by Gasteiger charge is 2.17. The van der Waals surface area contributed by atoms with Gasteiger partial charge in [0.2, 0.25) is 0 Å². The van der Waals surface area contributed by atoms with Crippen LogP contribution in [0.3, 0.4) is 0 Å². The summed E-state index contributed by atoms with van der Waals surface area (Å²) in [7, 11) is 0. The average Bonchev–Trinajstić information content (AvgIpc) is 2.37. The first-order valence-electron chi connectivity index (χ1n) is 6.08. The van der Waals surface area contributed by atoms with Gasteiger partial charge in [-0.25, -0.2) is 0 Å². The number of hydrogen-bond donors (Lipinski definition) is 0. The van der Waals surface area contributed by atoms with E-state index >= 15 is 0 Å². The third-order valence-corrected chi connectivity index (χ3v) is 3.79. The number of nitriles is 1. The molecule has 0 aromatic heterocycles. The van der Waals surface area contributed by atoms with Crippen molar-refractivity contribution in [2.75, 3.05) is 0 Å². The summed E-state index contributed by atoms with van der Waals surface area (Å²) >= 11 is 6.11. The van der Waals surface area contributed by atoms with Crippen LogP contribution in [0.15, 0.2) is 12.1 Å². The topological polar surface area (TPSA) is 33.0 Å². The molecule has 1 fully saturated rings. The molecule has 2 rings (SSSR count). The van der Waals surface area contributed by atoms with Crippen molar-refractivity contribution in [3.63, 3.8) is 0 Å². The molecule has 90 valence electrons. The zero-order valence-electron chi connectivity index (χ0n) is 10.0. The van der Waals surface area contributed by atoms with Crippen molar-refractivity contribution in [3.8, 4) is 11.8 Å². The second-order valence-electron chi connectivity index (χ2n) is 4.54. The van der Waals surface area contributed by atoms with Gasteiger partial charge in [-0.2, -0.15) is 5.26 Å². The highest BCUT2D eigenvalue weighted by molar-refractivity contribution is 6.32. The molecule has 0 spiro atoms. The first kappa shape index (κ1) is 12.3. The number of ether oxygens (including phenoxy) is 1. The molecule has 0 N–H and O–H groups in total. The van der Waals surface area contributed by atoms with Gasteiger partial charge in [0.1, 0.15) is 11.8 Å². The van der Waals surface area contributed by atoms with E-state index in [1.807, 2.05) is 13.0 Å². The van der Waals surface area contributed by atoms with E-state index in [1.165, 1.54) is 19.3 Å². The van der Waals surface area contributed by atoms with Gasteiger partial charge >= 0.3 is 0 Å². The fourth-order valence-electron chi connectivity index (χ4n) is 2.24. The first-order valence-corrected chi connectivity index (χ1v) is 6.46. The van der Waals surface area contributed by atoms with E-state index < -0.39 is 0 Å². The molecule has 1 aromatic rings. The third-order valence-electron chi connectivity index (χ3n) is 3.30. The standard InChI is InChI=1S/C14H16ClNO/c1-10-13(8-7-11(9-16)14(10)15)17-12-5-3-2-4-6-12/h7-8,12H,2-6H2,1H3. The Morgan fingerprint density at radius 1 is 1.29 bits per heavy atom. The Kier molecular flexibility index (Phi) is 3.91. The van der Waals surface area contributed by atoms with Crippen molar-refractivity contribution in [1.29, 1.82) is 5.26 Å². The van der Waals surface area contributed by atoms with Crippen LogP contribution < -0.4 is 4.74 Å². The lowest BCUT2D eigenvalue weighted by Crippen LogP contribution is -2.20. The van der Waals surface area contributed by atoms with Crippen LogP contribution in [0.2, 0.25) is 5.02 Å². The molecule has 0 aliphatic heterocycles. The molecule has 0 bridgehead atoms. The Labute approximate surface area is 107 Å². The number of hydrogen-bond acceptors (Lipinski definition) is 2. The minimum atomic E-state index is 0.312. The van der Waals surface area contributed by atoms with Gasteiger partial charge in [0.25, 0.3) is 0 Å². The predicted molar refractivity (Wildman–Crippen MR) is 68.4 cm³/mol. The quantitative estimate of drug-likeness (QED) is 0.786. The second kappa shape index (κ2) is 5.42. The maximum atomic E-state index is 8.88. The minimum absolute atomic E-state index is 0.312. The molecular formula is C14H16ClNO. The van der Waals surface area contributed by atoms with E-state index in [4.69, 9.17) is 21.6 Å². The summed E-state index contributed by atoms with van der Waals surface area (Å²) in [5, 5.41) is 9.39. The maximum Gasteiger partial charge on any atom is 0.124 e. The van der Waals surface area contributed by atoms with Crippen LogP contribution in [0.25, 0.3) is 0 Å². The third kappa shape index (κ3) is 2.73. The number of nitrogens with zero attached hydrogens (tertiary/aromatic N) is 1. The van der Waals surface area contributed by atoms with Gasteiger partial charge in [-0.05, 0) is 44.7 Å². The fourth-order valence-corrected chi connectivity index (χ4v) is 2.44. The number of benzene rings is 1. The van der Waals surface area contributed by atoms with Crippen molar-refractivity contribution in [2.24, 2.45) is 0 Å². The Balaban J connectivity index is 2.16. The Hall–Kier alpha value is -1.20. The lowest BCUT2D eigenvalue weighted by Gasteiger charge is -2.24. The molecule has 1 saturated carbocycles. The van der Waals surface area contributed by atoms with Crippen LogP contribution >= 0.6 is 11.6 Å². The number of halogens is 1. The van der Waals surface area contributed by atoms with Gasteiger partial charge in [0.15, 0.2) is 0 Å². The predicted octanol–water partition coefficient (Wildman–Crippen LogP) is 4.23. The highest BCUT2D eigenvalue weighted by Crippen LogP contribution is 2.31. The molecule has 0 amide bonds. The average molecular weight is 250 g/mol. The summed E-state index contributed by atoms with van der Waals surface area (Å²) in [5.74, 6) is 0.820. The van der Waals surface area contributed by atoms with E-state index in [0.29, 0.717) is 16.7 Å². The number of rotatable bonds is 2. The molecule has 0 unspecified atom stereocenters. The van der Waals surface area contributed by atoms with Gasteiger partial charge in [0.05, 0.1) is 16.7 Å². The molecule has 1 aliphatic rings. The zero-order valence-corrected chi connectivity index (χ0v) is 10.8. The van der Waals surface area contributed by atoms with Crippen molar-refractivity contribution in [1.82, 2.24) is 0 Å². The zero-order chi connectivity index (χ0) is 12.3. The summed E-state index contributed by atoms with van der Waals surface area (Å²) in [6.07, 6.45) is 6.36. The Morgan fingerprint density at radius 2 is 2.00 bits per heavy atom. The monoisotopic (exact) mass is 249 g/mol. The molecule has 3 heteroatoms. The van der Waals surface area contributed by atoms with Gasteiger partial charge < -0.3 is 4.74 Å². The molecule has 0 atom stereocenters. The Morgan fingerprint density at radius 3 is 2.65 bits per heavy atom. The van der Waals surface area contributed by atoms with E-state index in [-0.39, 0.29) is 0 Å². The van der Waals surface area contributed by atoms with Crippen LogP contribution in [0.4, 0.5) is 0 Å². The molecule has 0 saturated heterocycles. The van der Waals surface area contributed by atoms with E-state index in [0.717, 1.165) is 24.2 Å². The summed E-state index contributed by atoms with van der Waals surface area (Å²) in [5.41, 5.74) is 1.39. The first-order chi connectivity index (χ1) is 8.22. The molecule has 0 heterocycles. The van der Waals surface area contributed by atoms with Crippen molar-refractivity contribution < 1.29 is 4.74 Å². The fraction of sp³-hybridized carbons (Fsp3) is 0.500. The van der Waals surface area contributed by atoms with Gasteiger partial charge in [-0.3, -0.25) is 0 Å². The maximum absolute atomic E-state index is 8.88. The van der Waals surface area contributed by atoms with E-state index in [9.17, 15) is 0 Å². The largest absolute Gasteiger partial charge is 0.490 e.